The predicted molar refractivity (Wildman–Crippen MR) is 119 cm³/mol. The van der Waals surface area contributed by atoms with Crippen LogP contribution in [0.15, 0.2) is 30.5 Å². The molecule has 0 amide bonds. The van der Waals surface area contributed by atoms with Gasteiger partial charge in [0.05, 0.1) is 5.41 Å². The molecule has 10 nitrogen and oxygen atoms in total. The second-order valence-corrected chi connectivity index (χ2v) is 12.0. The van der Waals surface area contributed by atoms with Crippen LogP contribution >= 0.6 is 0 Å². The molecule has 2 saturated heterocycles. The van der Waals surface area contributed by atoms with Crippen LogP contribution in [0, 0.1) is 16.7 Å². The first kappa shape index (κ1) is 23.6. The Bertz CT molecular complexity index is 1170. The monoisotopic (exact) mass is 491 g/mol. The first-order valence-corrected chi connectivity index (χ1v) is 12.0. The van der Waals surface area contributed by atoms with E-state index >= 15 is 0 Å². The lowest BCUT2D eigenvalue weighted by atomic mass is 9.52. The molecule has 6 fully saturated rings. The summed E-state index contributed by atoms with van der Waals surface area (Å²) in [5, 5.41) is 73.7. The zero-order valence-corrected chi connectivity index (χ0v) is 20.2. The average Bonchev–Trinajstić information content (AvgIpc) is 3.41. The first-order valence-electron chi connectivity index (χ1n) is 12.0. The van der Waals surface area contributed by atoms with Gasteiger partial charge in [-0.3, -0.25) is 0 Å². The minimum atomic E-state index is -2.65. The summed E-state index contributed by atoms with van der Waals surface area (Å²) in [5.74, 6) is -3.97. The Morgan fingerprint density at radius 1 is 1.23 bits per heavy atom. The molecule has 4 aliphatic carbocycles. The third-order valence-corrected chi connectivity index (χ3v) is 11.0. The minimum Gasteiger partial charge on any atom is -0.451 e. The molecule has 1 aromatic heterocycles. The summed E-state index contributed by atoms with van der Waals surface area (Å²) in [7, 11) is 0. The molecule has 0 aromatic carbocycles. The number of carbonyl (C=O) groups is 1. The quantitative estimate of drug-likeness (QED) is 0.222. The number of aliphatic hydroxyl groups is 6. The normalized spacial score (nSPS) is 57.7. The Morgan fingerprint density at radius 2 is 1.89 bits per heavy atom. The van der Waals surface area contributed by atoms with Gasteiger partial charge in [0.1, 0.15) is 34.2 Å². The van der Waals surface area contributed by atoms with E-state index in [9.17, 15) is 35.4 Å². The number of nitrogens with one attached hydrogen (secondary N) is 1. The van der Waals surface area contributed by atoms with E-state index in [0.29, 0.717) is 0 Å². The standard InChI is InChI=1S/C25H33NO9/c1-12(2)22(31)17(34-16(28)14-7-6-10-26-14)23(32)18(4)11-21(30)19(22,5)25(23,33)24(35-21)15(27)13(3)8-9-20(18,24)29/h6-7,10,12,15,17,26-27,29-33H,3,8-9,11H2,1-2,4-5H3/t15-,17-,18+,19-,20+,21?,22-,23-,24?,25-/m1/s1. The lowest BCUT2D eigenvalue weighted by Gasteiger charge is -2.60. The van der Waals surface area contributed by atoms with Gasteiger partial charge in [-0.25, -0.2) is 4.79 Å². The van der Waals surface area contributed by atoms with Crippen LogP contribution in [0.5, 0.6) is 0 Å². The van der Waals surface area contributed by atoms with Crippen molar-refractivity contribution in [3.63, 3.8) is 0 Å². The summed E-state index contributed by atoms with van der Waals surface area (Å²) >= 11 is 0. The number of hydrogen-bond acceptors (Lipinski definition) is 9. The van der Waals surface area contributed by atoms with Crippen LogP contribution in [0.4, 0.5) is 0 Å². The number of ether oxygens (including phenoxy) is 2. The van der Waals surface area contributed by atoms with Crippen LogP contribution in [0.2, 0.25) is 0 Å². The Balaban J connectivity index is 1.70. The molecule has 6 aliphatic rings. The molecule has 1 aromatic rings. The lowest BCUT2D eigenvalue weighted by Crippen LogP contribution is -2.74. The van der Waals surface area contributed by atoms with E-state index in [0.717, 1.165) is 0 Å². The van der Waals surface area contributed by atoms with Gasteiger partial charge in [-0.05, 0) is 43.4 Å². The fourth-order valence-corrected chi connectivity index (χ4v) is 9.29. The zero-order valence-electron chi connectivity index (χ0n) is 20.2. The van der Waals surface area contributed by atoms with Gasteiger partial charge in [0.2, 0.25) is 0 Å². The molecule has 3 heterocycles. The minimum absolute atomic E-state index is 0.0342. The molecule has 2 unspecified atom stereocenters. The maximum absolute atomic E-state index is 13.2. The number of aromatic amines is 1. The third-order valence-electron chi connectivity index (χ3n) is 11.0. The maximum atomic E-state index is 13.2. The number of aliphatic hydroxyl groups excluding tert-OH is 1. The van der Waals surface area contributed by atoms with Gasteiger partial charge in [-0.2, -0.15) is 0 Å². The van der Waals surface area contributed by atoms with Gasteiger partial charge < -0.3 is 45.1 Å². The SMILES string of the molecule is C=C1CC[C@@]2(O)C3(OC4(O)C[C@]2(C)[C@]2(O)[C@H](OC(=O)c5ccc[nH]5)[C@](O)(C(C)C)[C@]4(C)[C@]32O)[C@@H]1O. The molecule has 35 heavy (non-hydrogen) atoms. The summed E-state index contributed by atoms with van der Waals surface area (Å²) in [6.07, 6.45) is -2.19. The van der Waals surface area contributed by atoms with Crippen molar-refractivity contribution in [2.24, 2.45) is 16.7 Å². The Morgan fingerprint density at radius 3 is 2.46 bits per heavy atom. The summed E-state index contributed by atoms with van der Waals surface area (Å²) in [6, 6.07) is 3.04. The zero-order chi connectivity index (χ0) is 25.8. The molecule has 1 spiro atoms. The van der Waals surface area contributed by atoms with Crippen LogP contribution in [-0.2, 0) is 9.47 Å². The molecule has 0 radical (unpaired) electrons. The van der Waals surface area contributed by atoms with Gasteiger partial charge in [-0.15, -0.1) is 0 Å². The highest BCUT2D eigenvalue weighted by molar-refractivity contribution is 5.87. The number of carbonyl (C=O) groups excluding carboxylic acids is 1. The number of esters is 1. The number of aromatic nitrogens is 1. The van der Waals surface area contributed by atoms with Crippen molar-refractivity contribution in [2.45, 2.75) is 93.0 Å². The van der Waals surface area contributed by atoms with E-state index < -0.39 is 68.7 Å². The number of hydrogen-bond donors (Lipinski definition) is 7. The predicted octanol–water partition coefficient (Wildman–Crippen LogP) is -0.268. The van der Waals surface area contributed by atoms with Crippen LogP contribution in [0.3, 0.4) is 0 Å². The topological polar surface area (TPSA) is 173 Å². The van der Waals surface area contributed by atoms with Gasteiger partial charge in [0, 0.05) is 18.0 Å². The van der Waals surface area contributed by atoms with Gasteiger partial charge in [0.25, 0.3) is 0 Å². The van der Waals surface area contributed by atoms with Gasteiger partial charge in [0.15, 0.2) is 17.5 Å². The Labute approximate surface area is 202 Å². The van der Waals surface area contributed by atoms with Crippen molar-refractivity contribution >= 4 is 5.97 Å². The van der Waals surface area contributed by atoms with Crippen LogP contribution in [-0.4, -0.2) is 87.6 Å². The largest absolute Gasteiger partial charge is 0.451 e. The van der Waals surface area contributed by atoms with Crippen molar-refractivity contribution < 1.29 is 44.9 Å². The van der Waals surface area contributed by atoms with Crippen LogP contribution in [0.25, 0.3) is 0 Å². The lowest BCUT2D eigenvalue weighted by molar-refractivity contribution is -0.383. The van der Waals surface area contributed by atoms with Crippen LogP contribution in [0.1, 0.15) is 57.4 Å². The highest BCUT2D eigenvalue weighted by Gasteiger charge is 3.10. The van der Waals surface area contributed by atoms with E-state index in [2.05, 4.69) is 11.6 Å². The Kier molecular flexibility index (Phi) is 3.95. The summed E-state index contributed by atoms with van der Waals surface area (Å²) < 4.78 is 12.0. The van der Waals surface area contributed by atoms with Crippen molar-refractivity contribution in [3.8, 4) is 0 Å². The smallest absolute Gasteiger partial charge is 0.355 e. The average molecular weight is 492 g/mol. The summed E-state index contributed by atoms with van der Waals surface area (Å²) in [5.41, 5.74) is -15.4. The van der Waals surface area contributed by atoms with E-state index in [1.165, 1.54) is 26.1 Å². The van der Waals surface area contributed by atoms with E-state index in [1.54, 1.807) is 19.9 Å². The summed E-state index contributed by atoms with van der Waals surface area (Å²) in [4.78, 5) is 15.9. The molecule has 10 atom stereocenters. The fourth-order valence-electron chi connectivity index (χ4n) is 9.29. The molecular formula is C25H33NO9. The van der Waals surface area contributed by atoms with E-state index in [4.69, 9.17) is 9.47 Å². The second-order valence-electron chi connectivity index (χ2n) is 12.0. The first-order chi connectivity index (χ1) is 16.0. The molecule has 7 N–H and O–H groups in total. The molecule has 10 heteroatoms. The molecule has 2 aliphatic heterocycles. The fraction of sp³-hybridized carbons (Fsp3) is 0.720. The molecule has 7 rings (SSSR count). The molecule has 192 valence electrons. The number of rotatable bonds is 3. The number of H-pyrrole nitrogens is 1. The van der Waals surface area contributed by atoms with Crippen molar-refractivity contribution in [1.82, 2.24) is 4.98 Å². The van der Waals surface area contributed by atoms with Crippen molar-refractivity contribution in [1.29, 1.82) is 0 Å². The Hall–Kier alpha value is -1.79. The van der Waals surface area contributed by atoms with E-state index in [1.807, 2.05) is 0 Å². The molecule has 6 bridgehead atoms. The van der Waals surface area contributed by atoms with Crippen molar-refractivity contribution in [2.75, 3.05) is 0 Å². The second kappa shape index (κ2) is 5.85. The highest BCUT2D eigenvalue weighted by Crippen LogP contribution is 2.90. The highest BCUT2D eigenvalue weighted by atomic mass is 16.7. The summed E-state index contributed by atoms with van der Waals surface area (Å²) in [6.45, 7) is 9.96. The van der Waals surface area contributed by atoms with Crippen molar-refractivity contribution in [3.05, 3.63) is 36.2 Å². The van der Waals surface area contributed by atoms with E-state index in [-0.39, 0.29) is 30.5 Å². The van der Waals surface area contributed by atoms with Gasteiger partial charge >= 0.3 is 5.97 Å². The van der Waals surface area contributed by atoms with Gasteiger partial charge in [-0.1, -0.05) is 27.4 Å². The third kappa shape index (κ3) is 1.71. The van der Waals surface area contributed by atoms with Crippen LogP contribution < -0.4 is 0 Å². The molecule has 4 saturated carbocycles. The molecular weight excluding hydrogens is 458 g/mol. The maximum Gasteiger partial charge on any atom is 0.355 e.